The minimum Gasteiger partial charge on any atom is -0.252 e. The molecule has 0 bridgehead atoms. The second kappa shape index (κ2) is 5.62. The first-order chi connectivity index (χ1) is 6.41. The van der Waals surface area contributed by atoms with Crippen LogP contribution in [0.1, 0.15) is 31.5 Å². The van der Waals surface area contributed by atoms with Crippen molar-refractivity contribution in [3.8, 4) is 0 Å². The Hall–Kier alpha value is -1.06. The molecule has 0 aliphatic carbocycles. The Labute approximate surface area is 82.0 Å². The average Bonchev–Trinajstić information content (AvgIpc) is 2.04. The monoisotopic (exact) mass is 205 g/mol. The van der Waals surface area contributed by atoms with Gasteiger partial charge in [-0.25, -0.2) is 0 Å². The van der Waals surface area contributed by atoms with Crippen LogP contribution in [-0.4, -0.2) is 4.98 Å². The summed E-state index contributed by atoms with van der Waals surface area (Å²) in [5.41, 5.74) is -0.124. The van der Waals surface area contributed by atoms with E-state index in [0.29, 0.717) is 0 Å². The summed E-state index contributed by atoms with van der Waals surface area (Å²) >= 11 is 0. The first-order valence-corrected chi connectivity index (χ1v) is 4.41. The molecule has 80 valence electrons. The van der Waals surface area contributed by atoms with Crippen LogP contribution in [-0.2, 0) is 6.18 Å². The Kier molecular flexibility index (Phi) is 5.20. The molecule has 0 saturated heterocycles. The maximum atomic E-state index is 11.9. The Bertz CT molecular complexity index is 251. The van der Waals surface area contributed by atoms with E-state index in [1.54, 1.807) is 6.92 Å². The molecule has 0 N–H and O–H groups in total. The van der Waals surface area contributed by atoms with E-state index >= 15 is 0 Å². The zero-order chi connectivity index (χ0) is 11.2. The number of alkyl halides is 3. The van der Waals surface area contributed by atoms with Crippen molar-refractivity contribution in [2.24, 2.45) is 0 Å². The number of hydrogen-bond donors (Lipinski definition) is 0. The van der Waals surface area contributed by atoms with Crippen LogP contribution in [0.25, 0.3) is 0 Å². The van der Waals surface area contributed by atoms with E-state index in [1.165, 1.54) is 18.7 Å². The summed E-state index contributed by atoms with van der Waals surface area (Å²) in [6.45, 7) is 5.94. The second-order valence-electron chi connectivity index (χ2n) is 2.93. The van der Waals surface area contributed by atoms with Gasteiger partial charge in [0.25, 0.3) is 0 Å². The summed E-state index contributed by atoms with van der Waals surface area (Å²) in [5.74, 6) is 0. The molecule has 0 fully saturated rings. The molecular formula is C10H14F3N. The van der Waals surface area contributed by atoms with Gasteiger partial charge in [-0.2, -0.15) is 13.2 Å². The van der Waals surface area contributed by atoms with Crippen molar-refractivity contribution < 1.29 is 13.2 Å². The highest BCUT2D eigenvalue weighted by Crippen LogP contribution is 2.26. The Morgan fingerprint density at radius 2 is 1.71 bits per heavy atom. The third-order valence-corrected chi connectivity index (χ3v) is 1.20. The van der Waals surface area contributed by atoms with E-state index in [1.807, 2.05) is 0 Å². The molecule has 1 heterocycles. The lowest BCUT2D eigenvalue weighted by molar-refractivity contribution is -0.141. The van der Waals surface area contributed by atoms with Crippen molar-refractivity contribution in [1.82, 2.24) is 4.98 Å². The van der Waals surface area contributed by atoms with Crippen molar-refractivity contribution in [1.29, 1.82) is 0 Å². The predicted octanol–water partition coefficient (Wildman–Crippen LogP) is 3.83. The molecule has 0 aromatic carbocycles. The third-order valence-electron chi connectivity index (χ3n) is 1.20. The van der Waals surface area contributed by atoms with Crippen LogP contribution < -0.4 is 0 Å². The van der Waals surface area contributed by atoms with Crippen molar-refractivity contribution in [3.05, 3.63) is 29.6 Å². The molecular weight excluding hydrogens is 191 g/mol. The minimum atomic E-state index is -4.33. The van der Waals surface area contributed by atoms with E-state index in [9.17, 15) is 13.2 Å². The van der Waals surface area contributed by atoms with Crippen molar-refractivity contribution in [2.45, 2.75) is 33.4 Å². The Morgan fingerprint density at radius 3 is 2.00 bits per heavy atom. The molecule has 1 aromatic heterocycles. The van der Waals surface area contributed by atoms with Crippen LogP contribution in [0.5, 0.6) is 0 Å². The average molecular weight is 205 g/mol. The van der Waals surface area contributed by atoms with Crippen molar-refractivity contribution in [2.75, 3.05) is 0 Å². The van der Waals surface area contributed by atoms with Gasteiger partial charge < -0.3 is 0 Å². The van der Waals surface area contributed by atoms with Crippen LogP contribution in [0.2, 0.25) is 0 Å². The highest BCUT2D eigenvalue weighted by Gasteiger charge is 2.31. The summed E-state index contributed by atoms with van der Waals surface area (Å²) in [6, 6.07) is 2.35. The largest absolute Gasteiger partial charge is 0.433 e. The van der Waals surface area contributed by atoms with Gasteiger partial charge in [0, 0.05) is 6.20 Å². The number of rotatable bonds is 0. The van der Waals surface area contributed by atoms with Gasteiger partial charge in [-0.3, -0.25) is 4.98 Å². The second-order valence-corrected chi connectivity index (χ2v) is 2.93. The predicted molar refractivity (Wildman–Crippen MR) is 49.9 cm³/mol. The number of aryl methyl sites for hydroxylation is 1. The van der Waals surface area contributed by atoms with Gasteiger partial charge in [-0.1, -0.05) is 26.3 Å². The lowest BCUT2D eigenvalue weighted by Gasteiger charge is -2.03. The van der Waals surface area contributed by atoms with Crippen LogP contribution in [0.3, 0.4) is 0 Å². The molecule has 0 aliphatic rings. The van der Waals surface area contributed by atoms with Gasteiger partial charge in [-0.05, 0) is 18.6 Å². The van der Waals surface area contributed by atoms with Gasteiger partial charge in [-0.15, -0.1) is 0 Å². The summed E-state index contributed by atoms with van der Waals surface area (Å²) in [7, 11) is 0. The lowest BCUT2D eigenvalue weighted by Crippen LogP contribution is -2.07. The van der Waals surface area contributed by atoms with Gasteiger partial charge in [0.2, 0.25) is 0 Å². The van der Waals surface area contributed by atoms with E-state index < -0.39 is 11.9 Å². The Morgan fingerprint density at radius 1 is 1.21 bits per heavy atom. The molecule has 0 unspecified atom stereocenters. The van der Waals surface area contributed by atoms with Crippen LogP contribution in [0.4, 0.5) is 13.2 Å². The van der Waals surface area contributed by atoms with Gasteiger partial charge in [0.15, 0.2) is 0 Å². The molecule has 0 atom stereocenters. The van der Waals surface area contributed by atoms with E-state index in [0.717, 1.165) is 11.6 Å². The quantitative estimate of drug-likeness (QED) is 0.627. The van der Waals surface area contributed by atoms with Crippen molar-refractivity contribution >= 4 is 0 Å². The molecule has 1 aromatic rings. The normalized spacial score (nSPS) is 10.4. The maximum absolute atomic E-state index is 11.9. The summed E-state index contributed by atoms with van der Waals surface area (Å²) in [5, 5.41) is 0. The molecule has 0 saturated carbocycles. The molecule has 0 aliphatic heterocycles. The summed E-state index contributed by atoms with van der Waals surface area (Å²) < 4.78 is 35.6. The smallest absolute Gasteiger partial charge is 0.252 e. The van der Waals surface area contributed by atoms with Crippen molar-refractivity contribution in [3.63, 3.8) is 0 Å². The number of halogens is 3. The molecule has 4 heteroatoms. The fourth-order valence-electron chi connectivity index (χ4n) is 0.635. The van der Waals surface area contributed by atoms with E-state index in [-0.39, 0.29) is 0 Å². The highest BCUT2D eigenvalue weighted by molar-refractivity contribution is 5.14. The number of nitrogens with zero attached hydrogens (tertiary/aromatic N) is 1. The molecule has 0 spiro atoms. The SMILES string of the molecule is CCC.Cc1ccc(C(F)(F)F)nc1. The van der Waals surface area contributed by atoms with Crippen LogP contribution in [0, 0.1) is 6.92 Å². The number of pyridine rings is 1. The minimum absolute atomic E-state index is 0.720. The fourth-order valence-corrected chi connectivity index (χ4v) is 0.635. The topological polar surface area (TPSA) is 12.9 Å². The summed E-state index contributed by atoms with van der Waals surface area (Å²) in [6.07, 6.45) is -1.88. The van der Waals surface area contributed by atoms with Gasteiger partial charge in [0.05, 0.1) is 0 Å². The van der Waals surface area contributed by atoms with E-state index in [2.05, 4.69) is 18.8 Å². The fraction of sp³-hybridized carbons (Fsp3) is 0.500. The van der Waals surface area contributed by atoms with E-state index in [4.69, 9.17) is 0 Å². The van der Waals surface area contributed by atoms with Gasteiger partial charge in [0.1, 0.15) is 5.69 Å². The van der Waals surface area contributed by atoms with Crippen LogP contribution >= 0.6 is 0 Å². The molecule has 0 radical (unpaired) electrons. The highest BCUT2D eigenvalue weighted by atomic mass is 19.4. The zero-order valence-electron chi connectivity index (χ0n) is 8.52. The Balaban J connectivity index is 0.000000500. The lowest BCUT2D eigenvalue weighted by atomic mass is 10.3. The zero-order valence-corrected chi connectivity index (χ0v) is 8.52. The number of aromatic nitrogens is 1. The summed E-state index contributed by atoms with van der Waals surface area (Å²) in [4.78, 5) is 3.22. The number of hydrogen-bond acceptors (Lipinski definition) is 1. The molecule has 1 nitrogen and oxygen atoms in total. The molecule has 1 rings (SSSR count). The first-order valence-electron chi connectivity index (χ1n) is 4.41. The van der Waals surface area contributed by atoms with Gasteiger partial charge >= 0.3 is 6.18 Å². The first kappa shape index (κ1) is 12.9. The van der Waals surface area contributed by atoms with Crippen LogP contribution in [0.15, 0.2) is 18.3 Å². The molecule has 0 amide bonds. The molecule has 14 heavy (non-hydrogen) atoms. The maximum Gasteiger partial charge on any atom is 0.433 e. The standard InChI is InChI=1S/C7H6F3N.C3H8/c1-5-2-3-6(11-4-5)7(8,9)10;1-3-2/h2-4H,1H3;3H2,1-2H3. The third kappa shape index (κ3) is 4.84.